The van der Waals surface area contributed by atoms with Crippen LogP contribution in [-0.4, -0.2) is 36.0 Å². The highest BCUT2D eigenvalue weighted by molar-refractivity contribution is 6.20. The summed E-state index contributed by atoms with van der Waals surface area (Å²) in [5.41, 5.74) is 8.23. The van der Waals surface area contributed by atoms with Crippen molar-refractivity contribution >= 4 is 29.6 Å². The van der Waals surface area contributed by atoms with E-state index >= 15 is 0 Å². The number of rotatable bonds is 9. The van der Waals surface area contributed by atoms with E-state index in [1.165, 1.54) is 13.3 Å². The van der Waals surface area contributed by atoms with Gasteiger partial charge in [0.2, 0.25) is 0 Å². The number of carbonyl (C=O) groups excluding carboxylic acids is 1. The van der Waals surface area contributed by atoms with Crippen LogP contribution in [-0.2, 0) is 20.9 Å². The quantitative estimate of drug-likeness (QED) is 0.381. The Bertz CT molecular complexity index is 852. The minimum Gasteiger partial charge on any atom is -0.461 e. The molecule has 0 spiro atoms. The second kappa shape index (κ2) is 10.9. The Morgan fingerprint density at radius 3 is 2.66 bits per heavy atom. The molecule has 0 radical (unpaired) electrons. The summed E-state index contributed by atoms with van der Waals surface area (Å²) in [5, 5.41) is 7.97. The van der Waals surface area contributed by atoms with E-state index in [1.807, 2.05) is 38.1 Å². The van der Waals surface area contributed by atoms with Crippen molar-refractivity contribution in [3.63, 3.8) is 0 Å². The molecule has 3 N–H and O–H groups in total. The first-order valence-corrected chi connectivity index (χ1v) is 9.38. The number of amidine groups is 1. The van der Waals surface area contributed by atoms with Crippen LogP contribution in [0, 0.1) is 5.41 Å². The number of hydrogen-bond acceptors (Lipinski definition) is 7. The van der Waals surface area contributed by atoms with Crippen molar-refractivity contribution in [1.82, 2.24) is 4.98 Å². The first-order valence-electron chi connectivity index (χ1n) is 9.38. The van der Waals surface area contributed by atoms with E-state index in [9.17, 15) is 4.79 Å². The molecule has 8 heteroatoms. The van der Waals surface area contributed by atoms with Crippen LogP contribution in [0.15, 0.2) is 47.6 Å². The molecule has 0 amide bonds. The van der Waals surface area contributed by atoms with Gasteiger partial charge in [-0.15, -0.1) is 0 Å². The number of aliphatic imine (C=N–C) groups is 1. The molecule has 154 valence electrons. The van der Waals surface area contributed by atoms with Crippen LogP contribution < -0.4 is 10.6 Å². The highest BCUT2D eigenvalue weighted by Gasteiger charge is 2.18. The topological polar surface area (TPSA) is 114 Å². The third-order valence-corrected chi connectivity index (χ3v) is 3.96. The zero-order chi connectivity index (χ0) is 21.2. The van der Waals surface area contributed by atoms with Gasteiger partial charge in [0.05, 0.1) is 11.9 Å². The van der Waals surface area contributed by atoms with Gasteiger partial charge in [-0.25, -0.2) is 9.98 Å². The predicted molar refractivity (Wildman–Crippen MR) is 114 cm³/mol. The molecule has 1 unspecified atom stereocenters. The number of nitrogens with two attached hydrogens (primary N) is 1. The van der Waals surface area contributed by atoms with E-state index in [2.05, 4.69) is 9.98 Å². The molecule has 29 heavy (non-hydrogen) atoms. The molecule has 1 aromatic carbocycles. The number of anilines is 2. The normalized spacial score (nSPS) is 12.3. The molecule has 0 fully saturated rings. The lowest BCUT2D eigenvalue weighted by molar-refractivity contribution is -0.142. The number of carbonyl (C=O) groups is 1. The number of pyridine rings is 1. The van der Waals surface area contributed by atoms with Crippen molar-refractivity contribution in [3.05, 3.63) is 53.7 Å². The summed E-state index contributed by atoms with van der Waals surface area (Å²) >= 11 is 0. The fourth-order valence-electron chi connectivity index (χ4n) is 2.56. The molecule has 0 aliphatic rings. The minimum atomic E-state index is -0.421. The molecule has 1 aromatic heterocycles. The third kappa shape index (κ3) is 6.39. The van der Waals surface area contributed by atoms with Gasteiger partial charge in [-0.2, -0.15) is 0 Å². The second-order valence-corrected chi connectivity index (χ2v) is 6.30. The molecular formula is C21H27N5O3. The Kier molecular flexibility index (Phi) is 8.29. The van der Waals surface area contributed by atoms with Gasteiger partial charge in [0.1, 0.15) is 24.5 Å². The van der Waals surface area contributed by atoms with Crippen molar-refractivity contribution in [2.75, 3.05) is 17.2 Å². The third-order valence-electron chi connectivity index (χ3n) is 3.96. The van der Waals surface area contributed by atoms with Crippen LogP contribution in [0.5, 0.6) is 0 Å². The molecule has 0 aliphatic heterocycles. The lowest BCUT2D eigenvalue weighted by Gasteiger charge is -2.24. The van der Waals surface area contributed by atoms with Gasteiger partial charge < -0.3 is 15.2 Å². The lowest BCUT2D eigenvalue weighted by Crippen LogP contribution is -2.32. The molecule has 1 heterocycles. The van der Waals surface area contributed by atoms with Crippen molar-refractivity contribution in [2.45, 2.75) is 40.0 Å². The number of nitrogens with one attached hydrogen (secondary N) is 1. The zero-order valence-corrected chi connectivity index (χ0v) is 17.0. The summed E-state index contributed by atoms with van der Waals surface area (Å²) in [4.78, 5) is 21.4. The average Bonchev–Trinajstić information content (AvgIpc) is 2.72. The first kappa shape index (κ1) is 22.0. The average molecular weight is 397 g/mol. The Morgan fingerprint density at radius 2 is 2.07 bits per heavy atom. The highest BCUT2D eigenvalue weighted by atomic mass is 16.5. The molecule has 0 saturated carbocycles. The summed E-state index contributed by atoms with van der Waals surface area (Å²) in [6.45, 7) is 6.01. The van der Waals surface area contributed by atoms with E-state index in [0.29, 0.717) is 29.5 Å². The fraction of sp³-hybridized carbons (Fsp3) is 0.333. The lowest BCUT2D eigenvalue weighted by atomic mass is 10.1. The Hall–Kier alpha value is -3.26. The fourth-order valence-corrected chi connectivity index (χ4v) is 2.56. The number of aromatic nitrogens is 1. The zero-order valence-electron chi connectivity index (χ0n) is 17.0. The summed E-state index contributed by atoms with van der Waals surface area (Å²) < 4.78 is 10.7. The summed E-state index contributed by atoms with van der Waals surface area (Å²) in [6.07, 6.45) is 3.22. The Morgan fingerprint density at radius 1 is 1.34 bits per heavy atom. The van der Waals surface area contributed by atoms with Gasteiger partial charge in [-0.3, -0.25) is 15.1 Å². The SMILES string of the molecule is CCCOC(C)/N=C(/c1cccnc1N)N(C=N)c1ccc(COC(C)=O)cc1. The molecule has 8 nitrogen and oxygen atoms in total. The molecule has 0 bridgehead atoms. The van der Waals surface area contributed by atoms with Crippen molar-refractivity contribution in [3.8, 4) is 0 Å². The monoisotopic (exact) mass is 397 g/mol. The van der Waals surface area contributed by atoms with E-state index < -0.39 is 6.23 Å². The maximum Gasteiger partial charge on any atom is 0.302 e. The number of hydrogen-bond donors (Lipinski definition) is 2. The van der Waals surface area contributed by atoms with Gasteiger partial charge in [0.25, 0.3) is 0 Å². The molecule has 0 saturated heterocycles. The van der Waals surface area contributed by atoms with Crippen molar-refractivity contribution in [2.24, 2.45) is 4.99 Å². The molecule has 1 atom stereocenters. The molecule has 0 aliphatic carbocycles. The largest absolute Gasteiger partial charge is 0.461 e. The van der Waals surface area contributed by atoms with Crippen LogP contribution in [0.25, 0.3) is 0 Å². The first-order chi connectivity index (χ1) is 14.0. The smallest absolute Gasteiger partial charge is 0.302 e. The maximum atomic E-state index is 11.0. The highest BCUT2D eigenvalue weighted by Crippen LogP contribution is 2.21. The maximum absolute atomic E-state index is 11.0. The van der Waals surface area contributed by atoms with Crippen LogP contribution >= 0.6 is 0 Å². The van der Waals surface area contributed by atoms with Gasteiger partial charge in [-0.1, -0.05) is 19.1 Å². The molecular weight excluding hydrogens is 370 g/mol. The standard InChI is InChI=1S/C21H27N5O3/c1-4-12-28-15(2)25-21(19-6-5-11-24-20(19)23)26(14-22)18-9-7-17(8-10-18)13-29-16(3)27/h5-11,14-15,22H,4,12-13H2,1-3H3,(H2,23,24)/b22-14?,25-21-. The van der Waals surface area contributed by atoms with Crippen LogP contribution in [0.4, 0.5) is 11.5 Å². The van der Waals surface area contributed by atoms with Gasteiger partial charge in [0, 0.05) is 25.4 Å². The number of nitrogens with zero attached hydrogens (tertiary/aromatic N) is 3. The predicted octanol–water partition coefficient (Wildman–Crippen LogP) is 3.36. The molecule has 2 rings (SSSR count). The number of nitrogen functional groups attached to an aromatic ring is 1. The number of ether oxygens (including phenoxy) is 2. The second-order valence-electron chi connectivity index (χ2n) is 6.30. The number of benzene rings is 1. The summed E-state index contributed by atoms with van der Waals surface area (Å²) in [6, 6.07) is 10.9. The van der Waals surface area contributed by atoms with Crippen LogP contribution in [0.1, 0.15) is 38.3 Å². The van der Waals surface area contributed by atoms with Crippen molar-refractivity contribution in [1.29, 1.82) is 5.41 Å². The van der Waals surface area contributed by atoms with E-state index in [-0.39, 0.29) is 12.6 Å². The summed E-state index contributed by atoms with van der Waals surface area (Å²) in [7, 11) is 0. The van der Waals surface area contributed by atoms with E-state index in [4.69, 9.17) is 20.6 Å². The van der Waals surface area contributed by atoms with Gasteiger partial charge >= 0.3 is 5.97 Å². The van der Waals surface area contributed by atoms with Crippen molar-refractivity contribution < 1.29 is 14.3 Å². The van der Waals surface area contributed by atoms with Crippen LogP contribution in [0.3, 0.4) is 0 Å². The Labute approximate surface area is 170 Å². The van der Waals surface area contributed by atoms with E-state index in [1.54, 1.807) is 23.2 Å². The number of esters is 1. The van der Waals surface area contributed by atoms with E-state index in [0.717, 1.165) is 12.0 Å². The Balaban J connectivity index is 2.39. The molecule has 2 aromatic rings. The van der Waals surface area contributed by atoms with Crippen LogP contribution in [0.2, 0.25) is 0 Å². The van der Waals surface area contributed by atoms with Gasteiger partial charge in [-0.05, 0) is 43.2 Å². The minimum absolute atomic E-state index is 0.193. The summed E-state index contributed by atoms with van der Waals surface area (Å²) in [5.74, 6) is 0.437. The van der Waals surface area contributed by atoms with Gasteiger partial charge in [0.15, 0.2) is 0 Å².